The van der Waals surface area contributed by atoms with Crippen LogP contribution in [-0.2, 0) is 6.54 Å². The van der Waals surface area contributed by atoms with E-state index >= 15 is 0 Å². The van der Waals surface area contributed by atoms with Crippen molar-refractivity contribution >= 4 is 18.0 Å². The summed E-state index contributed by atoms with van der Waals surface area (Å²) in [6, 6.07) is 8.03. The first kappa shape index (κ1) is 27.1. The summed E-state index contributed by atoms with van der Waals surface area (Å²) in [6.45, 7) is 11.3. The van der Waals surface area contributed by atoms with Gasteiger partial charge >= 0.3 is 0 Å². The van der Waals surface area contributed by atoms with Crippen LogP contribution < -0.4 is 15.8 Å². The number of nitriles is 1. The standard InChI is InChI=1S/C23H29N5.C5H11N/c1-7-10-20(28(5)6)13-22-21(8-2)17(4)26-27-23(22)25-15-19-12-9-11-18(14-24)16(19)3;1-6-4-2-3-5-6/h8-13H,7,15H2,1-6H3,(H,25,27);2-5H2,1H3/b20-10-,21-8-,22-13+;. The van der Waals surface area contributed by atoms with Gasteiger partial charge in [0.1, 0.15) is 0 Å². The van der Waals surface area contributed by atoms with Crippen LogP contribution in [0.2, 0.25) is 0 Å². The van der Waals surface area contributed by atoms with Crippen LogP contribution in [0.3, 0.4) is 0 Å². The summed E-state index contributed by atoms with van der Waals surface area (Å²) in [4.78, 5) is 4.46. The number of allylic oxidation sites excluding steroid dienone is 2. The van der Waals surface area contributed by atoms with Crippen LogP contribution in [0, 0.1) is 25.2 Å². The molecule has 1 fully saturated rings. The van der Waals surface area contributed by atoms with Crippen LogP contribution in [0.5, 0.6) is 0 Å². The van der Waals surface area contributed by atoms with E-state index in [1.807, 2.05) is 53.1 Å². The Labute approximate surface area is 205 Å². The predicted molar refractivity (Wildman–Crippen MR) is 143 cm³/mol. The summed E-state index contributed by atoms with van der Waals surface area (Å²) < 4.78 is 0. The van der Waals surface area contributed by atoms with Crippen molar-refractivity contribution in [2.24, 2.45) is 0 Å². The average molecular weight is 461 g/mol. The Hall–Kier alpha value is -3.17. The highest BCUT2D eigenvalue weighted by Gasteiger charge is 2.08. The van der Waals surface area contributed by atoms with Gasteiger partial charge < -0.3 is 15.1 Å². The fraction of sp³-hybridized carbons (Fsp3) is 0.464. The molecular weight excluding hydrogens is 420 g/mol. The minimum atomic E-state index is 0.581. The lowest BCUT2D eigenvalue weighted by Crippen LogP contribution is -2.34. The molecule has 2 heterocycles. The first-order valence-corrected chi connectivity index (χ1v) is 12.1. The number of nitrogens with zero attached hydrogens (tertiary/aromatic N) is 5. The number of likely N-dealkylation sites (tertiary alicyclic amines) is 1. The van der Waals surface area contributed by atoms with Gasteiger partial charge in [-0.25, -0.2) is 0 Å². The van der Waals surface area contributed by atoms with Crippen molar-refractivity contribution in [2.45, 2.75) is 53.5 Å². The third-order valence-corrected chi connectivity index (χ3v) is 6.09. The summed E-state index contributed by atoms with van der Waals surface area (Å²) in [5.41, 5.74) is 4.79. The smallest absolute Gasteiger partial charge is 0.156 e. The van der Waals surface area contributed by atoms with E-state index in [-0.39, 0.29) is 0 Å². The van der Waals surface area contributed by atoms with E-state index < -0.39 is 0 Å². The maximum Gasteiger partial charge on any atom is 0.156 e. The van der Waals surface area contributed by atoms with E-state index in [4.69, 9.17) is 0 Å². The second-order valence-electron chi connectivity index (χ2n) is 8.89. The third kappa shape index (κ3) is 7.43. The lowest BCUT2D eigenvalue weighted by atomic mass is 10.0. The summed E-state index contributed by atoms with van der Waals surface area (Å²) in [5.74, 6) is 0.740. The van der Waals surface area contributed by atoms with Crippen LogP contribution in [0.1, 0.15) is 55.5 Å². The molecule has 0 unspecified atom stereocenters. The molecule has 0 aliphatic carbocycles. The summed E-state index contributed by atoms with van der Waals surface area (Å²) >= 11 is 0. The van der Waals surface area contributed by atoms with Gasteiger partial charge in [0, 0.05) is 36.8 Å². The summed E-state index contributed by atoms with van der Waals surface area (Å²) in [7, 11) is 6.25. The highest BCUT2D eigenvalue weighted by Crippen LogP contribution is 2.14. The number of nitrogens with one attached hydrogen (secondary N) is 1. The summed E-state index contributed by atoms with van der Waals surface area (Å²) in [6.07, 6.45) is 10.2. The highest BCUT2D eigenvalue weighted by atomic mass is 15.2. The first-order valence-electron chi connectivity index (χ1n) is 12.1. The Morgan fingerprint density at radius 3 is 2.41 bits per heavy atom. The Bertz CT molecular complexity index is 1130. The van der Waals surface area contributed by atoms with Gasteiger partial charge in [0.2, 0.25) is 0 Å². The fourth-order valence-electron chi connectivity index (χ4n) is 3.97. The lowest BCUT2D eigenvalue weighted by Gasteiger charge is -2.15. The van der Waals surface area contributed by atoms with Crippen LogP contribution >= 0.6 is 0 Å². The van der Waals surface area contributed by atoms with Gasteiger partial charge in [-0.05, 0) is 83.4 Å². The molecule has 3 rings (SSSR count). The Morgan fingerprint density at radius 1 is 1.18 bits per heavy atom. The van der Waals surface area contributed by atoms with Crippen LogP contribution in [-0.4, -0.2) is 54.2 Å². The molecule has 0 spiro atoms. The lowest BCUT2D eigenvalue weighted by molar-refractivity contribution is 0.418. The molecule has 1 aliphatic rings. The maximum atomic E-state index is 9.26. The SMILES string of the molecule is C/C=c1/c(C)nnc(NCc2cccc(C#N)c2C)/c1=C/C(=C/CC)N(C)C.CN1CCCC1. The van der Waals surface area contributed by atoms with E-state index in [1.165, 1.54) is 25.9 Å². The number of hydrogen-bond acceptors (Lipinski definition) is 6. The van der Waals surface area contributed by atoms with Crippen molar-refractivity contribution in [1.29, 1.82) is 5.26 Å². The molecule has 34 heavy (non-hydrogen) atoms. The Morgan fingerprint density at radius 2 is 1.88 bits per heavy atom. The number of benzene rings is 1. The molecule has 1 aromatic carbocycles. The van der Waals surface area contributed by atoms with Gasteiger partial charge in [-0.2, -0.15) is 10.4 Å². The molecule has 0 bridgehead atoms. The molecule has 6 nitrogen and oxygen atoms in total. The van der Waals surface area contributed by atoms with Crippen LogP contribution in [0.15, 0.2) is 30.0 Å². The van der Waals surface area contributed by atoms with Crippen molar-refractivity contribution in [3.63, 3.8) is 0 Å². The first-order chi connectivity index (χ1) is 16.3. The zero-order valence-electron chi connectivity index (χ0n) is 21.9. The van der Waals surface area contributed by atoms with Gasteiger partial charge in [-0.1, -0.05) is 31.2 Å². The zero-order valence-corrected chi connectivity index (χ0v) is 21.9. The minimum absolute atomic E-state index is 0.581. The van der Waals surface area contributed by atoms with Crippen molar-refractivity contribution in [1.82, 2.24) is 20.0 Å². The van der Waals surface area contributed by atoms with Gasteiger partial charge in [0.15, 0.2) is 5.82 Å². The quantitative estimate of drug-likeness (QED) is 0.709. The van der Waals surface area contributed by atoms with E-state index in [2.05, 4.69) is 63.6 Å². The van der Waals surface area contributed by atoms with E-state index in [9.17, 15) is 5.26 Å². The number of aryl methyl sites for hydroxylation is 1. The molecule has 1 aromatic heterocycles. The van der Waals surface area contributed by atoms with Crippen LogP contribution in [0.25, 0.3) is 12.2 Å². The normalized spacial score (nSPS) is 15.1. The minimum Gasteiger partial charge on any atom is -0.378 e. The highest BCUT2D eigenvalue weighted by molar-refractivity contribution is 5.54. The molecule has 0 atom stereocenters. The molecule has 2 aromatic rings. The molecule has 0 radical (unpaired) electrons. The van der Waals surface area contributed by atoms with E-state index in [0.717, 1.165) is 45.2 Å². The van der Waals surface area contributed by atoms with Gasteiger partial charge in [0.05, 0.1) is 17.3 Å². The monoisotopic (exact) mass is 460 g/mol. The van der Waals surface area contributed by atoms with Crippen LogP contribution in [0.4, 0.5) is 5.82 Å². The number of aromatic nitrogens is 2. The number of anilines is 1. The molecule has 182 valence electrons. The number of hydrogen-bond donors (Lipinski definition) is 1. The molecule has 0 amide bonds. The van der Waals surface area contributed by atoms with Crippen molar-refractivity contribution in [3.8, 4) is 6.07 Å². The molecule has 1 saturated heterocycles. The largest absolute Gasteiger partial charge is 0.378 e. The van der Waals surface area contributed by atoms with E-state index in [0.29, 0.717) is 12.1 Å². The molecule has 1 aliphatic heterocycles. The molecule has 1 N–H and O–H groups in total. The third-order valence-electron chi connectivity index (χ3n) is 6.09. The summed E-state index contributed by atoms with van der Waals surface area (Å²) in [5, 5.41) is 23.5. The second kappa shape index (κ2) is 13.5. The van der Waals surface area contributed by atoms with Crippen molar-refractivity contribution in [3.05, 3.63) is 62.8 Å². The second-order valence-corrected chi connectivity index (χ2v) is 8.89. The molecule has 6 heteroatoms. The van der Waals surface area contributed by atoms with Gasteiger partial charge in [-0.15, -0.1) is 5.10 Å². The predicted octanol–water partition coefficient (Wildman–Crippen LogP) is 3.73. The topological polar surface area (TPSA) is 68.1 Å². The van der Waals surface area contributed by atoms with Gasteiger partial charge in [-0.3, -0.25) is 0 Å². The van der Waals surface area contributed by atoms with E-state index in [1.54, 1.807) is 0 Å². The Balaban J connectivity index is 0.000000589. The number of rotatable bonds is 6. The van der Waals surface area contributed by atoms with Crippen molar-refractivity contribution < 1.29 is 0 Å². The average Bonchev–Trinajstić information content (AvgIpc) is 3.30. The van der Waals surface area contributed by atoms with Gasteiger partial charge in [0.25, 0.3) is 0 Å². The molecular formula is C28H40N6. The molecule has 0 saturated carbocycles. The Kier molecular flexibility index (Phi) is 10.8. The fourth-order valence-corrected chi connectivity index (χ4v) is 3.97. The van der Waals surface area contributed by atoms with Crippen molar-refractivity contribution in [2.75, 3.05) is 39.5 Å². The zero-order chi connectivity index (χ0) is 25.1. The maximum absolute atomic E-state index is 9.26.